The summed E-state index contributed by atoms with van der Waals surface area (Å²) in [6.45, 7) is 2.42. The molecule has 1 aliphatic carbocycles. The lowest BCUT2D eigenvalue weighted by Crippen LogP contribution is -2.35. The number of aliphatic carboxylic acids is 1. The number of methoxy groups -OCH3 is 2. The van der Waals surface area contributed by atoms with Gasteiger partial charge in [0.2, 0.25) is 5.91 Å². The van der Waals surface area contributed by atoms with Gasteiger partial charge in [-0.05, 0) is 85.7 Å². The summed E-state index contributed by atoms with van der Waals surface area (Å²) in [5, 5.41) is 32.0. The van der Waals surface area contributed by atoms with Crippen molar-refractivity contribution in [2.75, 3.05) is 34.4 Å². The number of ether oxygens (including phenoxy) is 2. The Morgan fingerprint density at radius 1 is 1.07 bits per heavy atom. The highest BCUT2D eigenvalue weighted by Crippen LogP contribution is 2.41. The molecule has 7 rings (SSSR count). The van der Waals surface area contributed by atoms with Crippen LogP contribution >= 0.6 is 11.6 Å². The quantitative estimate of drug-likeness (QED) is 0.0967. The Balaban J connectivity index is 1.11. The van der Waals surface area contributed by atoms with Crippen molar-refractivity contribution in [2.24, 2.45) is 11.8 Å². The van der Waals surface area contributed by atoms with E-state index >= 15 is 4.39 Å². The van der Waals surface area contributed by atoms with E-state index in [4.69, 9.17) is 26.2 Å². The molecule has 0 spiro atoms. The van der Waals surface area contributed by atoms with Gasteiger partial charge in [0.15, 0.2) is 0 Å². The summed E-state index contributed by atoms with van der Waals surface area (Å²) in [6, 6.07) is 21.0. The number of nitrogens with one attached hydrogen (secondary N) is 2. The Kier molecular flexibility index (Phi) is 12.6. The number of halogens is 2. The second kappa shape index (κ2) is 18.0. The Hall–Kier alpha value is -5.48. The topological polar surface area (TPSA) is 142 Å². The number of rotatable bonds is 15. The Morgan fingerprint density at radius 3 is 2.59 bits per heavy atom. The van der Waals surface area contributed by atoms with E-state index in [9.17, 15) is 20.0 Å². The van der Waals surface area contributed by atoms with Crippen LogP contribution in [0.15, 0.2) is 66.9 Å². The van der Waals surface area contributed by atoms with Crippen molar-refractivity contribution in [3.8, 4) is 39.8 Å². The Labute approximate surface area is 342 Å². The minimum atomic E-state index is -0.710. The zero-order chi connectivity index (χ0) is 40.9. The van der Waals surface area contributed by atoms with Crippen LogP contribution in [0.25, 0.3) is 33.2 Å². The molecule has 1 aliphatic heterocycles. The molecule has 302 valence electrons. The molecule has 13 heteroatoms. The predicted octanol–water partition coefficient (Wildman–Crippen LogP) is 7.79. The zero-order valence-corrected chi connectivity index (χ0v) is 33.7. The number of amides is 1. The average molecular weight is 807 g/mol. The van der Waals surface area contributed by atoms with Crippen molar-refractivity contribution in [3.63, 3.8) is 0 Å². The summed E-state index contributed by atoms with van der Waals surface area (Å²) in [5.41, 5.74) is 6.24. The second-order valence-electron chi connectivity index (χ2n) is 15.5. The summed E-state index contributed by atoms with van der Waals surface area (Å²) in [6.07, 6.45) is 6.40. The summed E-state index contributed by atoms with van der Waals surface area (Å²) >= 11 is 7.15. The first kappa shape index (κ1) is 40.7. The van der Waals surface area contributed by atoms with E-state index in [0.29, 0.717) is 77.2 Å². The van der Waals surface area contributed by atoms with Gasteiger partial charge in [-0.1, -0.05) is 48.4 Å². The van der Waals surface area contributed by atoms with Gasteiger partial charge in [-0.15, -0.1) is 0 Å². The van der Waals surface area contributed by atoms with E-state index in [-0.39, 0.29) is 24.4 Å². The molecule has 3 N–H and O–H groups in total. The molecule has 3 atom stereocenters. The number of nitriles is 1. The molecule has 0 radical (unpaired) electrons. The normalized spacial score (nSPS) is 18.0. The van der Waals surface area contributed by atoms with Crippen LogP contribution in [0.5, 0.6) is 11.5 Å². The van der Waals surface area contributed by atoms with Gasteiger partial charge in [0.05, 0.1) is 55.1 Å². The largest absolute Gasteiger partial charge is 0.496 e. The fraction of sp³-hybridized carbons (Fsp3) is 0.378. The summed E-state index contributed by atoms with van der Waals surface area (Å²) in [7, 11) is 5.15. The number of carboxylic acids is 1. The highest BCUT2D eigenvalue weighted by Gasteiger charge is 2.28. The Morgan fingerprint density at radius 2 is 1.84 bits per heavy atom. The second-order valence-corrected chi connectivity index (χ2v) is 15.9. The lowest BCUT2D eigenvalue weighted by atomic mass is 9.81. The fourth-order valence-electron chi connectivity index (χ4n) is 8.60. The first-order chi connectivity index (χ1) is 28.1. The lowest BCUT2D eigenvalue weighted by Gasteiger charge is -2.30. The third kappa shape index (κ3) is 8.82. The third-order valence-electron chi connectivity index (χ3n) is 11.5. The van der Waals surface area contributed by atoms with Crippen molar-refractivity contribution in [3.05, 3.63) is 100.0 Å². The van der Waals surface area contributed by atoms with Gasteiger partial charge in [0.1, 0.15) is 17.3 Å². The van der Waals surface area contributed by atoms with E-state index in [1.54, 1.807) is 19.4 Å². The number of fused-ring (bicyclic) bond motifs is 1. The van der Waals surface area contributed by atoms with Crippen molar-refractivity contribution < 1.29 is 28.6 Å². The van der Waals surface area contributed by atoms with Gasteiger partial charge >= 0.3 is 5.97 Å². The SMILES string of the molecule is COc1cc(Cn2ncc3c(-c4cccc(-c5cc(F)c(CNC[C@@H]6CCC(=O)N6)c(OC)c5)c4Cl)cccc32)c(C#N)cc1CN(C)CC1CCC[C@@H](C(=O)O)C1. The molecule has 2 heterocycles. The van der Waals surface area contributed by atoms with Crippen LogP contribution < -0.4 is 20.1 Å². The van der Waals surface area contributed by atoms with Crippen LogP contribution in [0.3, 0.4) is 0 Å². The highest BCUT2D eigenvalue weighted by atomic mass is 35.5. The van der Waals surface area contributed by atoms with Crippen molar-refractivity contribution >= 4 is 34.4 Å². The summed E-state index contributed by atoms with van der Waals surface area (Å²) in [4.78, 5) is 25.3. The van der Waals surface area contributed by atoms with Gasteiger partial charge in [0, 0.05) is 66.3 Å². The minimum Gasteiger partial charge on any atom is -0.496 e. The summed E-state index contributed by atoms with van der Waals surface area (Å²) < 4.78 is 29.0. The number of carbonyl (C=O) groups excluding carboxylic acids is 1. The van der Waals surface area contributed by atoms with Crippen molar-refractivity contribution in [2.45, 2.75) is 64.2 Å². The minimum absolute atomic E-state index is 0.0253. The van der Waals surface area contributed by atoms with E-state index in [1.165, 1.54) is 13.2 Å². The van der Waals surface area contributed by atoms with Crippen LogP contribution in [-0.2, 0) is 29.2 Å². The van der Waals surface area contributed by atoms with Crippen LogP contribution in [0.2, 0.25) is 5.02 Å². The average Bonchev–Trinajstić information content (AvgIpc) is 3.84. The van der Waals surface area contributed by atoms with Crippen molar-refractivity contribution in [1.82, 2.24) is 25.3 Å². The molecule has 1 amide bonds. The van der Waals surface area contributed by atoms with Gasteiger partial charge in [0.25, 0.3) is 0 Å². The zero-order valence-electron chi connectivity index (χ0n) is 33.0. The monoisotopic (exact) mass is 806 g/mol. The number of benzene rings is 4. The van der Waals surface area contributed by atoms with Crippen LogP contribution in [-0.4, -0.2) is 72.1 Å². The van der Waals surface area contributed by atoms with E-state index in [1.807, 2.05) is 60.3 Å². The third-order valence-corrected chi connectivity index (χ3v) is 11.9. The molecule has 58 heavy (non-hydrogen) atoms. The number of carbonyl (C=O) groups is 2. The number of aromatic nitrogens is 2. The molecule has 11 nitrogen and oxygen atoms in total. The smallest absolute Gasteiger partial charge is 0.306 e. The van der Waals surface area contributed by atoms with Crippen molar-refractivity contribution in [1.29, 1.82) is 5.26 Å². The first-order valence-corrected chi connectivity index (χ1v) is 20.1. The highest BCUT2D eigenvalue weighted by molar-refractivity contribution is 6.36. The molecule has 2 fully saturated rings. The molecule has 0 bridgehead atoms. The van der Waals surface area contributed by atoms with E-state index < -0.39 is 11.8 Å². The maximum atomic E-state index is 15.7. The van der Waals surface area contributed by atoms with E-state index in [0.717, 1.165) is 65.4 Å². The molecule has 1 aromatic heterocycles. The summed E-state index contributed by atoms with van der Waals surface area (Å²) in [5.74, 6) is -0.00976. The van der Waals surface area contributed by atoms with Gasteiger partial charge in [-0.2, -0.15) is 10.4 Å². The molecular weight excluding hydrogens is 759 g/mol. The van der Waals surface area contributed by atoms with Crippen LogP contribution in [0, 0.1) is 29.0 Å². The molecular formula is C45H48ClFN6O5. The maximum absolute atomic E-state index is 15.7. The van der Waals surface area contributed by atoms with Gasteiger partial charge < -0.3 is 30.1 Å². The number of hydrogen-bond acceptors (Lipinski definition) is 8. The fourth-order valence-corrected chi connectivity index (χ4v) is 8.94. The molecule has 1 saturated carbocycles. The molecule has 4 aromatic carbocycles. The predicted molar refractivity (Wildman–Crippen MR) is 221 cm³/mol. The molecule has 5 aromatic rings. The molecule has 2 aliphatic rings. The van der Waals surface area contributed by atoms with Gasteiger partial charge in [-0.3, -0.25) is 14.3 Å². The number of nitrogens with zero attached hydrogens (tertiary/aromatic N) is 4. The molecule has 1 saturated heterocycles. The van der Waals surface area contributed by atoms with E-state index in [2.05, 4.69) is 21.6 Å². The van der Waals surface area contributed by atoms with Crippen LogP contribution in [0.1, 0.15) is 60.8 Å². The first-order valence-electron chi connectivity index (χ1n) is 19.7. The molecule has 1 unspecified atom stereocenters. The maximum Gasteiger partial charge on any atom is 0.306 e. The Bertz CT molecular complexity index is 2380. The number of carboxylic acid groups (broad SMARTS) is 1. The number of hydrogen-bond donors (Lipinski definition) is 3. The van der Waals surface area contributed by atoms with Gasteiger partial charge in [-0.25, -0.2) is 4.39 Å². The van der Waals surface area contributed by atoms with Crippen LogP contribution in [0.4, 0.5) is 4.39 Å². The standard InChI is InChI=1S/C45H48ClFN6O5/c1-52(24-27-7-4-8-28(15-27)45(55)56)25-32-16-30(20-48)31(19-41(32)57-2)26-53-40-12-6-10-35(37(40)23-50-53)36-11-5-9-34(44(36)46)29-17-39(47)38(42(18-29)58-3)22-49-21-33-13-14-43(54)51-33/h5-6,9-12,16-19,23,27-28,33,49H,4,7-8,13-15,21-22,24-26H2,1-3H3,(H,51,54)(H,55,56)/t27?,28-,33+/m1/s1. The lowest BCUT2D eigenvalue weighted by molar-refractivity contribution is -0.143.